The van der Waals surface area contributed by atoms with E-state index in [9.17, 15) is 9.59 Å². The van der Waals surface area contributed by atoms with E-state index in [4.69, 9.17) is 23.2 Å². The van der Waals surface area contributed by atoms with Crippen LogP contribution < -0.4 is 5.32 Å². The summed E-state index contributed by atoms with van der Waals surface area (Å²) in [5, 5.41) is 3.66. The van der Waals surface area contributed by atoms with Gasteiger partial charge in [0.15, 0.2) is 0 Å². The first-order valence-electron chi connectivity index (χ1n) is 9.28. The first-order chi connectivity index (χ1) is 13.3. The monoisotopic (exact) mass is 420 g/mol. The number of rotatable bonds is 7. The van der Waals surface area contributed by atoms with Gasteiger partial charge in [-0.05, 0) is 49.1 Å². The van der Waals surface area contributed by atoms with Gasteiger partial charge in [-0.3, -0.25) is 9.59 Å². The minimum atomic E-state index is -0.575. The van der Waals surface area contributed by atoms with Crippen LogP contribution in [0.15, 0.2) is 36.4 Å². The zero-order valence-electron chi connectivity index (χ0n) is 16.7. The lowest BCUT2D eigenvalue weighted by atomic mass is 10.0. The molecule has 0 radical (unpaired) electrons. The molecule has 0 bridgehead atoms. The summed E-state index contributed by atoms with van der Waals surface area (Å²) in [5.41, 5.74) is 3.86. The fraction of sp³-hybridized carbons (Fsp3) is 0.364. The number of carbonyl (C=O) groups excluding carboxylic acids is 2. The van der Waals surface area contributed by atoms with Gasteiger partial charge in [-0.15, -0.1) is 0 Å². The summed E-state index contributed by atoms with van der Waals surface area (Å²) >= 11 is 12.3. The van der Waals surface area contributed by atoms with Crippen LogP contribution >= 0.6 is 23.2 Å². The molecule has 0 aliphatic carbocycles. The molecule has 1 atom stereocenters. The Kier molecular flexibility index (Phi) is 7.90. The smallest absolute Gasteiger partial charge is 0.242 e. The molecule has 150 valence electrons. The Balaban J connectivity index is 2.37. The van der Waals surface area contributed by atoms with Crippen molar-refractivity contribution in [1.29, 1.82) is 0 Å². The highest BCUT2D eigenvalue weighted by atomic mass is 35.5. The largest absolute Gasteiger partial charge is 0.357 e. The van der Waals surface area contributed by atoms with Crippen LogP contribution in [0.4, 0.5) is 0 Å². The summed E-state index contributed by atoms with van der Waals surface area (Å²) in [6.45, 7) is 6.11. The molecule has 2 amide bonds. The van der Waals surface area contributed by atoms with Gasteiger partial charge in [-0.25, -0.2) is 0 Å². The molecule has 2 aromatic carbocycles. The molecule has 0 saturated heterocycles. The van der Waals surface area contributed by atoms with Crippen molar-refractivity contribution < 1.29 is 9.59 Å². The van der Waals surface area contributed by atoms with E-state index in [-0.39, 0.29) is 24.8 Å². The molecular formula is C22H26Cl2N2O2. The molecular weight excluding hydrogens is 395 g/mol. The van der Waals surface area contributed by atoms with E-state index >= 15 is 0 Å². The lowest BCUT2D eigenvalue weighted by molar-refractivity contribution is -0.140. The number of carbonyl (C=O) groups is 2. The van der Waals surface area contributed by atoms with E-state index in [0.29, 0.717) is 16.5 Å². The molecule has 6 heteroatoms. The molecule has 0 fully saturated rings. The molecule has 0 aliphatic heterocycles. The van der Waals surface area contributed by atoms with Crippen molar-refractivity contribution >= 4 is 35.0 Å². The second-order valence-corrected chi connectivity index (χ2v) is 7.75. The van der Waals surface area contributed by atoms with E-state index < -0.39 is 6.04 Å². The SMILES string of the molecule is CC[C@H](C(=O)NC)N(Cc1ccc(Cl)cc1Cl)C(=O)Cc1cc(C)ccc1C. The third-order valence-corrected chi connectivity index (χ3v) is 5.42. The van der Waals surface area contributed by atoms with Gasteiger partial charge in [0, 0.05) is 23.6 Å². The van der Waals surface area contributed by atoms with Gasteiger partial charge < -0.3 is 10.2 Å². The number of benzene rings is 2. The van der Waals surface area contributed by atoms with Crippen LogP contribution in [-0.4, -0.2) is 29.8 Å². The number of hydrogen-bond acceptors (Lipinski definition) is 2. The summed E-state index contributed by atoms with van der Waals surface area (Å²) in [4.78, 5) is 27.3. The first-order valence-corrected chi connectivity index (χ1v) is 10.0. The van der Waals surface area contributed by atoms with Crippen molar-refractivity contribution in [2.75, 3.05) is 7.05 Å². The molecule has 0 aliphatic rings. The van der Waals surface area contributed by atoms with Crippen molar-refractivity contribution in [3.63, 3.8) is 0 Å². The van der Waals surface area contributed by atoms with E-state index in [2.05, 4.69) is 5.32 Å². The van der Waals surface area contributed by atoms with Crippen molar-refractivity contribution in [1.82, 2.24) is 10.2 Å². The Morgan fingerprint density at radius 1 is 1.07 bits per heavy atom. The molecule has 0 aromatic heterocycles. The van der Waals surface area contributed by atoms with E-state index in [0.717, 1.165) is 22.3 Å². The number of hydrogen-bond donors (Lipinski definition) is 1. The summed E-state index contributed by atoms with van der Waals surface area (Å²) in [7, 11) is 1.58. The van der Waals surface area contributed by atoms with Gasteiger partial charge in [0.2, 0.25) is 11.8 Å². The molecule has 0 spiro atoms. The molecule has 0 saturated carbocycles. The topological polar surface area (TPSA) is 49.4 Å². The minimum absolute atomic E-state index is 0.116. The Morgan fingerprint density at radius 2 is 1.79 bits per heavy atom. The highest BCUT2D eigenvalue weighted by molar-refractivity contribution is 6.35. The maximum atomic E-state index is 13.3. The van der Waals surface area contributed by atoms with E-state index in [1.54, 1.807) is 30.1 Å². The van der Waals surface area contributed by atoms with Crippen LogP contribution in [0.2, 0.25) is 10.0 Å². The third kappa shape index (κ3) is 5.49. The third-order valence-electron chi connectivity index (χ3n) is 4.83. The van der Waals surface area contributed by atoms with Crippen molar-refractivity contribution in [2.24, 2.45) is 0 Å². The minimum Gasteiger partial charge on any atom is -0.357 e. The highest BCUT2D eigenvalue weighted by Crippen LogP contribution is 2.24. The number of amides is 2. The van der Waals surface area contributed by atoms with Crippen LogP contribution in [0, 0.1) is 13.8 Å². The summed E-state index contributed by atoms with van der Waals surface area (Å²) in [6, 6.07) is 10.6. The number of halogens is 2. The fourth-order valence-electron chi connectivity index (χ4n) is 3.17. The number of aryl methyl sites for hydroxylation is 2. The van der Waals surface area contributed by atoms with Crippen LogP contribution in [0.5, 0.6) is 0 Å². The van der Waals surface area contributed by atoms with Gasteiger partial charge in [-0.1, -0.05) is 60.0 Å². The predicted molar refractivity (Wildman–Crippen MR) is 115 cm³/mol. The predicted octanol–water partition coefficient (Wildman–Crippen LogP) is 4.71. The van der Waals surface area contributed by atoms with Gasteiger partial charge in [0.1, 0.15) is 6.04 Å². The summed E-state index contributed by atoms with van der Waals surface area (Å²) in [5.74, 6) is -0.308. The Hall–Kier alpha value is -2.04. The maximum absolute atomic E-state index is 13.3. The van der Waals surface area contributed by atoms with Gasteiger partial charge in [-0.2, -0.15) is 0 Å². The van der Waals surface area contributed by atoms with Gasteiger partial charge >= 0.3 is 0 Å². The zero-order valence-corrected chi connectivity index (χ0v) is 18.2. The summed E-state index contributed by atoms with van der Waals surface area (Å²) < 4.78 is 0. The van der Waals surface area contributed by atoms with E-state index in [1.807, 2.05) is 39.0 Å². The van der Waals surface area contributed by atoms with Crippen LogP contribution in [0.3, 0.4) is 0 Å². The molecule has 4 nitrogen and oxygen atoms in total. The molecule has 2 aromatic rings. The Bertz CT molecular complexity index is 868. The highest BCUT2D eigenvalue weighted by Gasteiger charge is 2.28. The first kappa shape index (κ1) is 22.3. The van der Waals surface area contributed by atoms with E-state index in [1.165, 1.54) is 0 Å². The average molecular weight is 421 g/mol. The second kappa shape index (κ2) is 9.94. The average Bonchev–Trinajstić information content (AvgIpc) is 2.65. The zero-order chi connectivity index (χ0) is 20.8. The quantitative estimate of drug-likeness (QED) is 0.704. The van der Waals surface area contributed by atoms with Crippen molar-refractivity contribution in [2.45, 2.75) is 46.2 Å². The molecule has 0 unspecified atom stereocenters. The number of nitrogens with zero attached hydrogens (tertiary/aromatic N) is 1. The molecule has 2 rings (SSSR count). The van der Waals surface area contributed by atoms with Crippen molar-refractivity contribution in [3.05, 3.63) is 68.7 Å². The normalized spacial score (nSPS) is 11.8. The molecule has 28 heavy (non-hydrogen) atoms. The van der Waals surface area contributed by atoms with Gasteiger partial charge in [0.05, 0.1) is 6.42 Å². The Morgan fingerprint density at radius 3 is 2.39 bits per heavy atom. The van der Waals surface area contributed by atoms with Crippen molar-refractivity contribution in [3.8, 4) is 0 Å². The van der Waals surface area contributed by atoms with Crippen LogP contribution in [-0.2, 0) is 22.6 Å². The van der Waals surface area contributed by atoms with Crippen LogP contribution in [0.25, 0.3) is 0 Å². The lowest BCUT2D eigenvalue weighted by Crippen LogP contribution is -2.48. The Labute approximate surface area is 176 Å². The summed E-state index contributed by atoms with van der Waals surface area (Å²) in [6.07, 6.45) is 0.732. The molecule has 0 heterocycles. The number of nitrogens with one attached hydrogen (secondary N) is 1. The molecule has 1 N–H and O–H groups in total. The lowest BCUT2D eigenvalue weighted by Gasteiger charge is -2.31. The van der Waals surface area contributed by atoms with Gasteiger partial charge in [0.25, 0.3) is 0 Å². The maximum Gasteiger partial charge on any atom is 0.242 e. The van der Waals surface area contributed by atoms with Crippen LogP contribution in [0.1, 0.15) is 35.6 Å². The second-order valence-electron chi connectivity index (χ2n) is 6.90. The standard InChI is InChI=1S/C22H26Cl2N2O2/c1-5-20(22(28)25-4)26(13-16-8-9-18(23)12-19(16)24)21(27)11-17-10-14(2)6-7-15(17)3/h6-10,12,20H,5,11,13H2,1-4H3,(H,25,28)/t20-/m1/s1. The number of likely N-dealkylation sites (N-methyl/N-ethyl adjacent to an activating group) is 1. The fourth-order valence-corrected chi connectivity index (χ4v) is 3.64.